The van der Waals surface area contributed by atoms with Gasteiger partial charge in [-0.05, 0) is 24.3 Å². The zero-order chi connectivity index (χ0) is 12.0. The Morgan fingerprint density at radius 3 is 2.50 bits per heavy atom. The zero-order valence-electron chi connectivity index (χ0n) is 8.45. The maximum Gasteiger partial charge on any atom is 0.315 e. The minimum absolute atomic E-state index is 0.297. The third kappa shape index (κ3) is 3.82. The van der Waals surface area contributed by atoms with Crippen LogP contribution in [-0.4, -0.2) is 25.5 Å². The summed E-state index contributed by atoms with van der Waals surface area (Å²) in [5.41, 5.74) is 5.54. The molecule has 0 unspecified atom stereocenters. The number of hydrogen-bond donors (Lipinski definition) is 2. The molecule has 1 rings (SSSR count). The summed E-state index contributed by atoms with van der Waals surface area (Å²) in [6.45, 7) is 0.770. The van der Waals surface area contributed by atoms with Crippen LogP contribution in [0.3, 0.4) is 0 Å². The van der Waals surface area contributed by atoms with Gasteiger partial charge in [0, 0.05) is 12.2 Å². The number of ether oxygens (including phenoxy) is 1. The highest BCUT2D eigenvalue weighted by molar-refractivity contribution is 5.93. The third-order valence-electron chi connectivity index (χ3n) is 1.71. The second-order valence-corrected chi connectivity index (χ2v) is 2.95. The SMILES string of the molecule is NCCOc1ccc(NC(=O)C(F)F)cc1. The molecule has 16 heavy (non-hydrogen) atoms. The van der Waals surface area contributed by atoms with Crippen LogP contribution in [0.25, 0.3) is 0 Å². The highest BCUT2D eigenvalue weighted by Crippen LogP contribution is 2.15. The number of benzene rings is 1. The summed E-state index contributed by atoms with van der Waals surface area (Å²) >= 11 is 0. The van der Waals surface area contributed by atoms with Crippen LogP contribution in [0.2, 0.25) is 0 Å². The molecule has 0 aromatic heterocycles. The first kappa shape index (κ1) is 12.4. The Morgan fingerprint density at radius 2 is 2.00 bits per heavy atom. The molecule has 1 aromatic carbocycles. The van der Waals surface area contributed by atoms with Crippen molar-refractivity contribution < 1.29 is 18.3 Å². The summed E-state index contributed by atoms with van der Waals surface area (Å²) in [6, 6.07) is 6.09. The summed E-state index contributed by atoms with van der Waals surface area (Å²) in [4.78, 5) is 10.7. The summed E-state index contributed by atoms with van der Waals surface area (Å²) < 4.78 is 29.0. The smallest absolute Gasteiger partial charge is 0.315 e. The van der Waals surface area contributed by atoms with Crippen LogP contribution in [0.4, 0.5) is 14.5 Å². The number of hydrogen-bond acceptors (Lipinski definition) is 3. The molecule has 0 saturated carbocycles. The minimum Gasteiger partial charge on any atom is -0.492 e. The normalized spacial score (nSPS) is 10.2. The predicted molar refractivity (Wildman–Crippen MR) is 55.6 cm³/mol. The van der Waals surface area contributed by atoms with Crippen molar-refractivity contribution in [2.75, 3.05) is 18.5 Å². The van der Waals surface area contributed by atoms with Gasteiger partial charge in [0.05, 0.1) is 0 Å². The van der Waals surface area contributed by atoms with Gasteiger partial charge < -0.3 is 15.8 Å². The van der Waals surface area contributed by atoms with Crippen LogP contribution in [0.15, 0.2) is 24.3 Å². The molecule has 4 nitrogen and oxygen atoms in total. The first-order chi connectivity index (χ1) is 7.63. The molecule has 3 N–H and O–H groups in total. The van der Waals surface area contributed by atoms with E-state index in [1.807, 2.05) is 0 Å². The van der Waals surface area contributed by atoms with Gasteiger partial charge in [-0.25, -0.2) is 0 Å². The number of nitrogens with one attached hydrogen (secondary N) is 1. The van der Waals surface area contributed by atoms with Crippen molar-refractivity contribution in [1.29, 1.82) is 0 Å². The summed E-state index contributed by atoms with van der Waals surface area (Å²) in [5.74, 6) is -0.754. The van der Waals surface area contributed by atoms with Crippen molar-refractivity contribution in [2.24, 2.45) is 5.73 Å². The Balaban J connectivity index is 2.54. The monoisotopic (exact) mass is 230 g/mol. The van der Waals surface area contributed by atoms with Gasteiger partial charge in [0.15, 0.2) is 0 Å². The lowest BCUT2D eigenvalue weighted by Gasteiger charge is -2.07. The molecular formula is C10H12F2N2O2. The number of amides is 1. The van der Waals surface area contributed by atoms with E-state index < -0.39 is 12.3 Å². The number of rotatable bonds is 5. The van der Waals surface area contributed by atoms with Crippen molar-refractivity contribution in [3.8, 4) is 5.75 Å². The van der Waals surface area contributed by atoms with E-state index in [0.29, 0.717) is 24.6 Å². The molecule has 6 heteroatoms. The molecule has 0 bridgehead atoms. The first-order valence-electron chi connectivity index (χ1n) is 4.65. The molecular weight excluding hydrogens is 218 g/mol. The summed E-state index contributed by atoms with van der Waals surface area (Å²) in [5, 5.41) is 2.06. The lowest BCUT2D eigenvalue weighted by Crippen LogP contribution is -2.19. The fourth-order valence-corrected chi connectivity index (χ4v) is 1.01. The maximum absolute atomic E-state index is 11.9. The molecule has 1 aromatic rings. The predicted octanol–water partition coefficient (Wildman–Crippen LogP) is 1.23. The van der Waals surface area contributed by atoms with E-state index in [9.17, 15) is 13.6 Å². The maximum atomic E-state index is 11.9. The van der Waals surface area contributed by atoms with Gasteiger partial charge in [0.25, 0.3) is 5.91 Å². The Kier molecular flexibility index (Phi) is 4.65. The Morgan fingerprint density at radius 1 is 1.38 bits per heavy atom. The van der Waals surface area contributed by atoms with Gasteiger partial charge in [-0.2, -0.15) is 8.78 Å². The highest BCUT2D eigenvalue weighted by Gasteiger charge is 2.14. The third-order valence-corrected chi connectivity index (χ3v) is 1.71. The van der Waals surface area contributed by atoms with Gasteiger partial charge in [0.2, 0.25) is 0 Å². The van der Waals surface area contributed by atoms with E-state index >= 15 is 0 Å². The fourth-order valence-electron chi connectivity index (χ4n) is 1.01. The van der Waals surface area contributed by atoms with E-state index in [1.54, 1.807) is 12.1 Å². The first-order valence-corrected chi connectivity index (χ1v) is 4.65. The molecule has 0 aliphatic rings. The van der Waals surface area contributed by atoms with Crippen molar-refractivity contribution >= 4 is 11.6 Å². The Labute approximate surface area is 91.4 Å². The Hall–Kier alpha value is -1.69. The molecule has 88 valence electrons. The van der Waals surface area contributed by atoms with Gasteiger partial charge in [-0.15, -0.1) is 0 Å². The number of halogens is 2. The largest absolute Gasteiger partial charge is 0.492 e. The number of alkyl halides is 2. The number of anilines is 1. The molecule has 0 aliphatic carbocycles. The molecule has 0 spiro atoms. The van der Waals surface area contributed by atoms with Crippen LogP contribution >= 0.6 is 0 Å². The fraction of sp³-hybridized carbons (Fsp3) is 0.300. The van der Waals surface area contributed by atoms with Crippen molar-refractivity contribution in [3.63, 3.8) is 0 Å². The van der Waals surface area contributed by atoms with E-state index in [0.717, 1.165) is 0 Å². The van der Waals surface area contributed by atoms with Gasteiger partial charge in [-0.3, -0.25) is 4.79 Å². The lowest BCUT2D eigenvalue weighted by atomic mass is 10.3. The zero-order valence-corrected chi connectivity index (χ0v) is 8.45. The number of nitrogens with two attached hydrogens (primary N) is 1. The molecule has 1 amide bonds. The average Bonchev–Trinajstić information content (AvgIpc) is 2.28. The van der Waals surface area contributed by atoms with Crippen molar-refractivity contribution in [1.82, 2.24) is 0 Å². The van der Waals surface area contributed by atoms with Crippen LogP contribution < -0.4 is 15.8 Å². The quantitative estimate of drug-likeness (QED) is 0.799. The van der Waals surface area contributed by atoms with Crippen LogP contribution in [0.5, 0.6) is 5.75 Å². The van der Waals surface area contributed by atoms with Gasteiger partial charge in [0.1, 0.15) is 12.4 Å². The average molecular weight is 230 g/mol. The lowest BCUT2D eigenvalue weighted by molar-refractivity contribution is -0.126. The van der Waals surface area contributed by atoms with E-state index in [2.05, 4.69) is 5.32 Å². The van der Waals surface area contributed by atoms with E-state index in [-0.39, 0.29) is 0 Å². The molecule has 0 radical (unpaired) electrons. The Bertz CT molecular complexity index is 341. The molecule has 0 heterocycles. The molecule has 0 aliphatic heterocycles. The van der Waals surface area contributed by atoms with Crippen LogP contribution in [0.1, 0.15) is 0 Å². The molecule has 0 fully saturated rings. The second kappa shape index (κ2) is 6.02. The van der Waals surface area contributed by atoms with Gasteiger partial charge >= 0.3 is 6.43 Å². The topological polar surface area (TPSA) is 64.3 Å². The minimum atomic E-state index is -3.02. The molecule has 0 atom stereocenters. The van der Waals surface area contributed by atoms with Crippen LogP contribution in [0, 0.1) is 0 Å². The van der Waals surface area contributed by atoms with Crippen molar-refractivity contribution in [3.05, 3.63) is 24.3 Å². The van der Waals surface area contributed by atoms with E-state index in [4.69, 9.17) is 10.5 Å². The van der Waals surface area contributed by atoms with Crippen molar-refractivity contribution in [2.45, 2.75) is 6.43 Å². The molecule has 0 saturated heterocycles. The van der Waals surface area contributed by atoms with Crippen LogP contribution in [-0.2, 0) is 4.79 Å². The second-order valence-electron chi connectivity index (χ2n) is 2.95. The van der Waals surface area contributed by atoms with Gasteiger partial charge in [-0.1, -0.05) is 0 Å². The summed E-state index contributed by atoms with van der Waals surface area (Å²) in [7, 11) is 0. The number of carbonyl (C=O) groups is 1. The highest BCUT2D eigenvalue weighted by atomic mass is 19.3. The standard InChI is InChI=1S/C10H12F2N2O2/c11-9(12)10(15)14-7-1-3-8(4-2-7)16-6-5-13/h1-4,9H,5-6,13H2,(H,14,15). The summed E-state index contributed by atoms with van der Waals surface area (Å²) in [6.07, 6.45) is -3.02. The number of carbonyl (C=O) groups excluding carboxylic acids is 1. The van der Waals surface area contributed by atoms with E-state index in [1.165, 1.54) is 12.1 Å².